The molecule has 0 amide bonds. The fraction of sp³-hybridized carbons (Fsp3) is 0.947. The summed E-state index contributed by atoms with van der Waals surface area (Å²) in [6.45, 7) is 11.3. The van der Waals surface area contributed by atoms with Gasteiger partial charge >= 0.3 is 0 Å². The van der Waals surface area contributed by atoms with Crippen LogP contribution in [0.1, 0.15) is 79.6 Å². The molecule has 0 aromatic heterocycles. The third-order valence-electron chi connectivity index (χ3n) is 6.93. The van der Waals surface area contributed by atoms with E-state index < -0.39 is 11.0 Å². The monoisotopic (exact) mass is 291 g/mol. The van der Waals surface area contributed by atoms with Gasteiger partial charge in [0.15, 0.2) is 0 Å². The van der Waals surface area contributed by atoms with Crippen molar-refractivity contribution in [2.45, 2.75) is 85.2 Å². The summed E-state index contributed by atoms with van der Waals surface area (Å²) >= 11 is 0. The van der Waals surface area contributed by atoms with Crippen LogP contribution in [0.2, 0.25) is 0 Å². The molecule has 0 aliphatic heterocycles. The topological polar surface area (TPSA) is 44.0 Å². The van der Waals surface area contributed by atoms with Crippen LogP contribution in [0.3, 0.4) is 0 Å². The summed E-state index contributed by atoms with van der Waals surface area (Å²) in [5.74, 6) is 1.44. The summed E-state index contributed by atoms with van der Waals surface area (Å²) in [7, 11) is 0. The van der Waals surface area contributed by atoms with E-state index >= 15 is 0 Å². The molecule has 3 unspecified atom stereocenters. The van der Waals surface area contributed by atoms with Crippen LogP contribution < -0.4 is 0 Å². The highest BCUT2D eigenvalue weighted by molar-refractivity contribution is 5.16. The van der Waals surface area contributed by atoms with E-state index in [1.54, 1.807) is 0 Å². The summed E-state index contributed by atoms with van der Waals surface area (Å²) in [5.41, 5.74) is -0.971. The van der Waals surface area contributed by atoms with Crippen molar-refractivity contribution >= 4 is 0 Å². The smallest absolute Gasteiger partial charge is 0.0863 e. The normalized spacial score (nSPS) is 45.1. The molecule has 120 valence electrons. The molecule has 21 heavy (non-hydrogen) atoms. The second-order valence-electron chi connectivity index (χ2n) is 8.92. The van der Waals surface area contributed by atoms with Gasteiger partial charge in [0.05, 0.1) is 17.1 Å². The molecule has 0 spiro atoms. The molecule has 0 heterocycles. The Morgan fingerprint density at radius 2 is 1.62 bits per heavy atom. The summed E-state index contributed by atoms with van der Waals surface area (Å²) in [6.07, 6.45) is 6.98. The molecule has 0 aromatic carbocycles. The molecule has 1 N–H and O–H groups in total. The Morgan fingerprint density at radius 1 is 1.05 bits per heavy atom. The minimum atomic E-state index is -0.776. The van der Waals surface area contributed by atoms with Crippen molar-refractivity contribution in [2.75, 3.05) is 0 Å². The van der Waals surface area contributed by atoms with Crippen LogP contribution in [0.25, 0.3) is 0 Å². The molecular formula is C19H33NO. The molecule has 2 rings (SSSR count). The van der Waals surface area contributed by atoms with Gasteiger partial charge in [-0.1, -0.05) is 47.5 Å². The first-order valence-electron chi connectivity index (χ1n) is 8.80. The molecule has 2 heteroatoms. The highest BCUT2D eigenvalue weighted by atomic mass is 16.3. The molecule has 2 aliphatic rings. The molecule has 0 radical (unpaired) electrons. The minimum absolute atomic E-state index is 0.233. The van der Waals surface area contributed by atoms with Crippen molar-refractivity contribution in [3.8, 4) is 6.07 Å². The van der Waals surface area contributed by atoms with Gasteiger partial charge in [-0.05, 0) is 55.3 Å². The predicted octanol–water partition coefficient (Wildman–Crippen LogP) is 4.92. The van der Waals surface area contributed by atoms with Crippen molar-refractivity contribution in [1.29, 1.82) is 5.26 Å². The van der Waals surface area contributed by atoms with Gasteiger partial charge in [-0.2, -0.15) is 5.26 Å². The summed E-state index contributed by atoms with van der Waals surface area (Å²) < 4.78 is 0. The van der Waals surface area contributed by atoms with Crippen molar-refractivity contribution in [1.82, 2.24) is 0 Å². The van der Waals surface area contributed by atoms with E-state index in [1.165, 1.54) is 6.42 Å². The lowest BCUT2D eigenvalue weighted by molar-refractivity contribution is -0.152. The highest BCUT2D eigenvalue weighted by Gasteiger charge is 2.57. The second-order valence-corrected chi connectivity index (χ2v) is 8.92. The van der Waals surface area contributed by atoms with Gasteiger partial charge in [-0.25, -0.2) is 0 Å². The number of rotatable bonds is 1. The Labute approximate surface area is 130 Å². The van der Waals surface area contributed by atoms with Crippen LogP contribution in [0.4, 0.5) is 0 Å². The maximum atomic E-state index is 11.5. The third-order valence-corrected chi connectivity index (χ3v) is 6.93. The average molecular weight is 291 g/mol. The van der Waals surface area contributed by atoms with Gasteiger partial charge in [-0.3, -0.25) is 0 Å². The molecular weight excluding hydrogens is 258 g/mol. The Morgan fingerprint density at radius 3 is 2.10 bits per heavy atom. The fourth-order valence-corrected chi connectivity index (χ4v) is 4.94. The first kappa shape index (κ1) is 16.8. The van der Waals surface area contributed by atoms with Crippen LogP contribution in [0.15, 0.2) is 0 Å². The molecule has 0 saturated heterocycles. The van der Waals surface area contributed by atoms with Crippen LogP contribution in [-0.2, 0) is 0 Å². The lowest BCUT2D eigenvalue weighted by Gasteiger charge is -2.54. The molecule has 0 bridgehead atoms. The zero-order valence-electron chi connectivity index (χ0n) is 14.6. The molecule has 2 fully saturated rings. The molecule has 2 saturated carbocycles. The van der Waals surface area contributed by atoms with E-state index in [-0.39, 0.29) is 5.92 Å². The maximum Gasteiger partial charge on any atom is 0.0863 e. The number of aliphatic hydroxyl groups is 1. The fourth-order valence-electron chi connectivity index (χ4n) is 4.94. The molecule has 0 aromatic rings. The summed E-state index contributed by atoms with van der Waals surface area (Å²) in [4.78, 5) is 0. The number of hydrogen-bond acceptors (Lipinski definition) is 2. The highest BCUT2D eigenvalue weighted by Crippen LogP contribution is 2.56. The Hall–Kier alpha value is -0.550. The van der Waals surface area contributed by atoms with Gasteiger partial charge in [0, 0.05) is 0 Å². The summed E-state index contributed by atoms with van der Waals surface area (Å²) in [5, 5.41) is 21.4. The van der Waals surface area contributed by atoms with E-state index in [1.807, 2.05) is 0 Å². The van der Waals surface area contributed by atoms with Gasteiger partial charge < -0.3 is 5.11 Å². The zero-order valence-corrected chi connectivity index (χ0v) is 14.6. The van der Waals surface area contributed by atoms with Gasteiger partial charge in [0.2, 0.25) is 0 Å². The number of nitrogens with zero attached hydrogens (tertiary/aromatic N) is 1. The van der Waals surface area contributed by atoms with Gasteiger partial charge in [0.25, 0.3) is 0 Å². The van der Waals surface area contributed by atoms with Crippen molar-refractivity contribution in [3.63, 3.8) is 0 Å². The van der Waals surface area contributed by atoms with E-state index in [0.717, 1.165) is 38.5 Å². The average Bonchev–Trinajstić information content (AvgIpc) is 2.43. The van der Waals surface area contributed by atoms with Crippen molar-refractivity contribution in [2.24, 2.45) is 28.6 Å². The Kier molecular flexibility index (Phi) is 4.47. The van der Waals surface area contributed by atoms with Crippen LogP contribution in [0, 0.1) is 39.9 Å². The Bertz CT molecular complexity index is 408. The second kappa shape index (κ2) is 5.58. The largest absolute Gasteiger partial charge is 0.388 e. The predicted molar refractivity (Wildman–Crippen MR) is 86.6 cm³/mol. The van der Waals surface area contributed by atoms with Crippen LogP contribution in [0.5, 0.6) is 0 Å². The van der Waals surface area contributed by atoms with Gasteiger partial charge in [-0.15, -0.1) is 0 Å². The lowest BCUT2D eigenvalue weighted by Crippen LogP contribution is -2.57. The molecule has 2 nitrogen and oxygen atoms in total. The quantitative estimate of drug-likeness (QED) is 0.745. The van der Waals surface area contributed by atoms with Crippen LogP contribution in [-0.4, -0.2) is 10.7 Å². The number of nitriles is 1. The molecule has 2 aliphatic carbocycles. The third kappa shape index (κ3) is 2.74. The van der Waals surface area contributed by atoms with Crippen molar-refractivity contribution < 1.29 is 5.11 Å². The summed E-state index contributed by atoms with van der Waals surface area (Å²) in [6, 6.07) is 2.60. The molecule has 3 atom stereocenters. The zero-order chi connectivity index (χ0) is 15.9. The van der Waals surface area contributed by atoms with E-state index in [9.17, 15) is 10.4 Å². The maximum absolute atomic E-state index is 11.5. The van der Waals surface area contributed by atoms with E-state index in [4.69, 9.17) is 0 Å². The standard InChI is InChI=1S/C19H33NO/c1-14-7-6-10-19(21,15(14)2)18(13-20)11-8-16(9-12-18)17(3,4)5/h14-16,21H,6-12H2,1-5H3. The lowest BCUT2D eigenvalue weighted by atomic mass is 9.52. The van der Waals surface area contributed by atoms with Crippen LogP contribution >= 0.6 is 0 Å². The van der Waals surface area contributed by atoms with E-state index in [0.29, 0.717) is 17.3 Å². The van der Waals surface area contributed by atoms with E-state index in [2.05, 4.69) is 40.7 Å². The SMILES string of the molecule is CC1CCCC(O)(C2(C#N)CCC(C(C)(C)C)CC2)C1C. The Balaban J connectivity index is 2.22. The minimum Gasteiger partial charge on any atom is -0.388 e. The first-order chi connectivity index (χ1) is 9.66. The number of hydrogen-bond donors (Lipinski definition) is 1. The first-order valence-corrected chi connectivity index (χ1v) is 8.80. The van der Waals surface area contributed by atoms with Crippen molar-refractivity contribution in [3.05, 3.63) is 0 Å². The van der Waals surface area contributed by atoms with Gasteiger partial charge in [0.1, 0.15) is 0 Å².